The van der Waals surface area contributed by atoms with E-state index in [4.69, 9.17) is 11.2 Å². The van der Waals surface area contributed by atoms with Gasteiger partial charge in [0.2, 0.25) is 0 Å². The third kappa shape index (κ3) is 0.969. The van der Waals surface area contributed by atoms with Crippen LogP contribution in [0.5, 0.6) is 5.75 Å². The van der Waals surface area contributed by atoms with E-state index in [2.05, 4.69) is 5.92 Å². The van der Waals surface area contributed by atoms with E-state index in [1.807, 2.05) is 18.2 Å². The van der Waals surface area contributed by atoms with Gasteiger partial charge < -0.3 is 4.74 Å². The molecular weight excluding hydrogens is 136 g/mol. The summed E-state index contributed by atoms with van der Waals surface area (Å²) in [6, 6.07) is 5.87. The van der Waals surface area contributed by atoms with Gasteiger partial charge in [0.1, 0.15) is 5.75 Å². The largest absolute Gasteiger partial charge is 0.493 e. The molecule has 54 valence electrons. The highest BCUT2D eigenvalue weighted by molar-refractivity contribution is 5.44. The molecule has 0 atom stereocenters. The lowest BCUT2D eigenvalue weighted by molar-refractivity contribution is 0.357. The highest BCUT2D eigenvalue weighted by atomic mass is 16.5. The van der Waals surface area contributed by atoms with Crippen LogP contribution in [-0.2, 0) is 6.42 Å². The van der Waals surface area contributed by atoms with Crippen molar-refractivity contribution in [3.8, 4) is 18.1 Å². The predicted molar refractivity (Wildman–Crippen MR) is 43.6 cm³/mol. The van der Waals surface area contributed by atoms with Crippen LogP contribution in [0, 0.1) is 12.3 Å². The lowest BCUT2D eigenvalue weighted by Crippen LogP contribution is -1.85. The van der Waals surface area contributed by atoms with Crippen molar-refractivity contribution in [3.63, 3.8) is 0 Å². The first kappa shape index (κ1) is 6.30. The van der Waals surface area contributed by atoms with Gasteiger partial charge in [-0.15, -0.1) is 6.42 Å². The molecule has 1 heterocycles. The molecule has 0 amide bonds. The summed E-state index contributed by atoms with van der Waals surface area (Å²) >= 11 is 0. The van der Waals surface area contributed by atoms with Crippen LogP contribution < -0.4 is 4.74 Å². The fraction of sp³-hybridized carbons (Fsp3) is 0.200. The summed E-state index contributed by atoms with van der Waals surface area (Å²) < 4.78 is 5.33. The number of ether oxygens (including phenoxy) is 1. The first-order valence-corrected chi connectivity index (χ1v) is 3.62. The summed E-state index contributed by atoms with van der Waals surface area (Å²) in [7, 11) is 0. The van der Waals surface area contributed by atoms with Crippen molar-refractivity contribution in [1.82, 2.24) is 0 Å². The summed E-state index contributed by atoms with van der Waals surface area (Å²) in [4.78, 5) is 0. The zero-order chi connectivity index (χ0) is 7.68. The summed E-state index contributed by atoms with van der Waals surface area (Å²) in [5.74, 6) is 3.59. The highest BCUT2D eigenvalue weighted by Crippen LogP contribution is 2.25. The molecule has 0 saturated heterocycles. The van der Waals surface area contributed by atoms with E-state index in [1.165, 1.54) is 5.56 Å². The van der Waals surface area contributed by atoms with Crippen LogP contribution in [0.3, 0.4) is 0 Å². The number of benzene rings is 1. The van der Waals surface area contributed by atoms with Crippen molar-refractivity contribution in [2.45, 2.75) is 6.42 Å². The Morgan fingerprint density at radius 1 is 1.45 bits per heavy atom. The molecule has 1 heteroatoms. The Bertz CT molecular complexity index is 320. The molecule has 0 N–H and O–H groups in total. The van der Waals surface area contributed by atoms with E-state index >= 15 is 0 Å². The molecule has 0 bridgehead atoms. The Morgan fingerprint density at radius 2 is 2.36 bits per heavy atom. The van der Waals surface area contributed by atoms with Gasteiger partial charge in [0.15, 0.2) is 0 Å². The summed E-state index contributed by atoms with van der Waals surface area (Å²) in [5.41, 5.74) is 2.18. The third-order valence-corrected chi connectivity index (χ3v) is 1.86. The van der Waals surface area contributed by atoms with E-state index < -0.39 is 0 Å². The molecule has 1 aromatic rings. The van der Waals surface area contributed by atoms with Gasteiger partial charge in [-0.1, -0.05) is 5.92 Å². The average molecular weight is 144 g/mol. The van der Waals surface area contributed by atoms with Gasteiger partial charge >= 0.3 is 0 Å². The predicted octanol–water partition coefficient (Wildman–Crippen LogP) is 1.60. The van der Waals surface area contributed by atoms with E-state index in [0.717, 1.165) is 24.3 Å². The molecule has 0 unspecified atom stereocenters. The summed E-state index contributed by atoms with van der Waals surface area (Å²) in [6.07, 6.45) is 6.24. The van der Waals surface area contributed by atoms with Crippen molar-refractivity contribution < 1.29 is 4.74 Å². The normalized spacial score (nSPS) is 13.4. The Balaban J connectivity index is 2.51. The molecule has 0 aromatic heterocycles. The van der Waals surface area contributed by atoms with Gasteiger partial charge in [-0.3, -0.25) is 0 Å². The van der Waals surface area contributed by atoms with Crippen LogP contribution in [0.15, 0.2) is 18.2 Å². The maximum Gasteiger partial charge on any atom is 0.122 e. The molecule has 0 radical (unpaired) electrons. The zero-order valence-corrected chi connectivity index (χ0v) is 6.13. The number of rotatable bonds is 0. The monoisotopic (exact) mass is 144 g/mol. The van der Waals surface area contributed by atoms with Gasteiger partial charge in [-0.2, -0.15) is 0 Å². The molecule has 1 aliphatic heterocycles. The Kier molecular flexibility index (Phi) is 1.33. The molecule has 0 fully saturated rings. The molecule has 11 heavy (non-hydrogen) atoms. The summed E-state index contributed by atoms with van der Waals surface area (Å²) in [6.45, 7) is 0.795. The lowest BCUT2D eigenvalue weighted by atomic mass is 10.1. The zero-order valence-electron chi connectivity index (χ0n) is 6.13. The third-order valence-electron chi connectivity index (χ3n) is 1.86. The van der Waals surface area contributed by atoms with Crippen molar-refractivity contribution in [1.29, 1.82) is 0 Å². The van der Waals surface area contributed by atoms with E-state index in [0.29, 0.717) is 0 Å². The number of hydrogen-bond donors (Lipinski definition) is 0. The lowest BCUT2D eigenvalue weighted by Gasteiger charge is -1.97. The van der Waals surface area contributed by atoms with E-state index in [-0.39, 0.29) is 0 Å². The molecule has 0 saturated carbocycles. The Hall–Kier alpha value is -1.42. The van der Waals surface area contributed by atoms with E-state index in [9.17, 15) is 0 Å². The minimum atomic E-state index is 0.795. The van der Waals surface area contributed by atoms with Crippen LogP contribution in [0.1, 0.15) is 11.1 Å². The van der Waals surface area contributed by atoms with Gasteiger partial charge in [0.05, 0.1) is 6.61 Å². The molecule has 1 aliphatic rings. The smallest absolute Gasteiger partial charge is 0.122 e. The minimum absolute atomic E-state index is 0.795. The van der Waals surface area contributed by atoms with Crippen LogP contribution in [0.2, 0.25) is 0 Å². The van der Waals surface area contributed by atoms with Gasteiger partial charge in [0, 0.05) is 12.0 Å². The first-order valence-electron chi connectivity index (χ1n) is 3.62. The molecule has 1 nitrogen and oxygen atoms in total. The van der Waals surface area contributed by atoms with Crippen molar-refractivity contribution in [3.05, 3.63) is 29.3 Å². The second-order valence-electron chi connectivity index (χ2n) is 2.57. The van der Waals surface area contributed by atoms with Crippen molar-refractivity contribution >= 4 is 0 Å². The highest BCUT2D eigenvalue weighted by Gasteiger charge is 2.10. The van der Waals surface area contributed by atoms with Gasteiger partial charge in [0.25, 0.3) is 0 Å². The van der Waals surface area contributed by atoms with Gasteiger partial charge in [-0.25, -0.2) is 0 Å². The van der Waals surface area contributed by atoms with Crippen molar-refractivity contribution in [2.24, 2.45) is 0 Å². The van der Waals surface area contributed by atoms with Crippen LogP contribution in [0.4, 0.5) is 0 Å². The summed E-state index contributed by atoms with van der Waals surface area (Å²) in [5, 5.41) is 0. The maximum atomic E-state index is 5.33. The van der Waals surface area contributed by atoms with E-state index in [1.54, 1.807) is 0 Å². The minimum Gasteiger partial charge on any atom is -0.493 e. The Labute approximate surface area is 66.0 Å². The topological polar surface area (TPSA) is 9.23 Å². The van der Waals surface area contributed by atoms with Crippen LogP contribution in [0.25, 0.3) is 0 Å². The number of fused-ring (bicyclic) bond motifs is 1. The molecule has 1 aromatic carbocycles. The van der Waals surface area contributed by atoms with Gasteiger partial charge in [-0.05, 0) is 23.8 Å². The standard InChI is InChI=1S/C10H8O/c1-2-8-3-4-10-9(7-8)5-6-11-10/h1,3-4,7H,5-6H2. The molecule has 2 rings (SSSR count). The fourth-order valence-electron chi connectivity index (χ4n) is 1.28. The molecule has 0 spiro atoms. The molecule has 0 aliphatic carbocycles. The van der Waals surface area contributed by atoms with Crippen LogP contribution in [-0.4, -0.2) is 6.61 Å². The van der Waals surface area contributed by atoms with Crippen molar-refractivity contribution in [2.75, 3.05) is 6.61 Å². The maximum absolute atomic E-state index is 5.33. The van der Waals surface area contributed by atoms with Crippen LogP contribution >= 0.6 is 0 Å². The second kappa shape index (κ2) is 2.32. The second-order valence-corrected chi connectivity index (χ2v) is 2.57. The number of hydrogen-bond acceptors (Lipinski definition) is 1. The number of terminal acetylenes is 1. The SMILES string of the molecule is C#Cc1ccc2c(c1)CCO2. The average Bonchev–Trinajstić information content (AvgIpc) is 2.50. The fourth-order valence-corrected chi connectivity index (χ4v) is 1.28. The molecular formula is C10H8O. The first-order chi connectivity index (χ1) is 5.40. The quantitative estimate of drug-likeness (QED) is 0.502. The Morgan fingerprint density at radius 3 is 3.18 bits per heavy atom.